The summed E-state index contributed by atoms with van der Waals surface area (Å²) in [7, 11) is 0. The van der Waals surface area contributed by atoms with Crippen molar-refractivity contribution < 1.29 is 4.79 Å². The highest BCUT2D eigenvalue weighted by molar-refractivity contribution is 9.10. The number of rotatable bonds is 5. The van der Waals surface area contributed by atoms with Crippen molar-refractivity contribution in [3.63, 3.8) is 0 Å². The second-order valence-corrected chi connectivity index (χ2v) is 6.32. The Morgan fingerprint density at radius 2 is 2.11 bits per heavy atom. The van der Waals surface area contributed by atoms with Crippen molar-refractivity contribution in [2.45, 2.75) is 26.3 Å². The Labute approximate surface area is 130 Å². The second kappa shape index (κ2) is 7.51. The van der Waals surface area contributed by atoms with Gasteiger partial charge in [0.2, 0.25) is 0 Å². The zero-order valence-electron chi connectivity index (χ0n) is 10.4. The van der Waals surface area contributed by atoms with Gasteiger partial charge >= 0.3 is 0 Å². The van der Waals surface area contributed by atoms with Crippen LogP contribution in [0, 0.1) is 0 Å². The van der Waals surface area contributed by atoms with Crippen LogP contribution in [0.1, 0.15) is 30.6 Å². The van der Waals surface area contributed by atoms with Gasteiger partial charge in [0.15, 0.2) is 0 Å². The number of amides is 1. The summed E-state index contributed by atoms with van der Waals surface area (Å²) in [6.07, 6.45) is 0.939. The van der Waals surface area contributed by atoms with E-state index in [-0.39, 0.29) is 11.9 Å². The largest absolute Gasteiger partial charge is 0.336 e. The molecule has 0 aliphatic carbocycles. The molecule has 100 valence electrons. The third-order valence-corrected chi connectivity index (χ3v) is 4.38. The van der Waals surface area contributed by atoms with Gasteiger partial charge in [-0.3, -0.25) is 4.79 Å². The number of carbonyl (C=O) groups excluding carboxylic acids is 1. The molecule has 0 fully saturated rings. The van der Waals surface area contributed by atoms with Crippen molar-refractivity contribution in [1.29, 1.82) is 0 Å². The molecule has 2 nitrogen and oxygen atoms in total. The van der Waals surface area contributed by atoms with Crippen LogP contribution in [0.2, 0.25) is 5.02 Å². The number of halogens is 3. The van der Waals surface area contributed by atoms with E-state index in [1.54, 1.807) is 18.2 Å². The summed E-state index contributed by atoms with van der Waals surface area (Å²) in [5.74, 6) is 0.0281. The minimum Gasteiger partial charge on any atom is -0.336 e. The Balaban J connectivity index is 2.91. The van der Waals surface area contributed by atoms with Crippen LogP contribution >= 0.6 is 43.5 Å². The molecule has 5 heteroatoms. The van der Waals surface area contributed by atoms with E-state index in [2.05, 4.69) is 31.9 Å². The van der Waals surface area contributed by atoms with Gasteiger partial charge in [-0.1, -0.05) is 27.5 Å². The third-order valence-electron chi connectivity index (χ3n) is 2.58. The predicted molar refractivity (Wildman–Crippen MR) is 83.7 cm³/mol. The molecular formula is C13H16Br2ClNO. The van der Waals surface area contributed by atoms with Crippen molar-refractivity contribution in [2.24, 2.45) is 0 Å². The quantitative estimate of drug-likeness (QED) is 0.658. The molecule has 0 bridgehead atoms. The van der Waals surface area contributed by atoms with Gasteiger partial charge in [-0.15, -0.1) is 0 Å². The molecule has 1 aromatic carbocycles. The Morgan fingerprint density at radius 3 is 2.61 bits per heavy atom. The van der Waals surface area contributed by atoms with E-state index in [1.165, 1.54) is 0 Å². The van der Waals surface area contributed by atoms with Gasteiger partial charge in [0, 0.05) is 28.0 Å². The van der Waals surface area contributed by atoms with Crippen molar-refractivity contribution >= 4 is 49.4 Å². The topological polar surface area (TPSA) is 20.3 Å². The number of alkyl halides is 1. The molecule has 18 heavy (non-hydrogen) atoms. The number of nitrogens with zero attached hydrogens (tertiary/aromatic N) is 1. The summed E-state index contributed by atoms with van der Waals surface area (Å²) in [4.78, 5) is 14.3. The third kappa shape index (κ3) is 4.25. The van der Waals surface area contributed by atoms with Crippen LogP contribution in [-0.4, -0.2) is 28.7 Å². The van der Waals surface area contributed by atoms with Gasteiger partial charge in [0.05, 0.1) is 5.02 Å². The minimum absolute atomic E-state index is 0.0281. The van der Waals surface area contributed by atoms with Crippen LogP contribution in [0.25, 0.3) is 0 Å². The molecule has 0 aliphatic rings. The van der Waals surface area contributed by atoms with E-state index in [0.29, 0.717) is 10.6 Å². The number of hydrogen-bond acceptors (Lipinski definition) is 1. The fourth-order valence-corrected chi connectivity index (χ4v) is 2.30. The molecule has 1 amide bonds. The second-order valence-electron chi connectivity index (χ2n) is 4.26. The fraction of sp³-hybridized carbons (Fsp3) is 0.462. The maximum atomic E-state index is 12.4. The van der Waals surface area contributed by atoms with Gasteiger partial charge in [-0.25, -0.2) is 0 Å². The molecule has 0 unspecified atom stereocenters. The SMILES string of the molecule is CC(C)N(CCCBr)C(=O)c1ccc(Br)c(Cl)c1. The summed E-state index contributed by atoms with van der Waals surface area (Å²) in [6.45, 7) is 4.79. The van der Waals surface area contributed by atoms with E-state index >= 15 is 0 Å². The lowest BCUT2D eigenvalue weighted by Crippen LogP contribution is -2.37. The van der Waals surface area contributed by atoms with Crippen LogP contribution < -0.4 is 0 Å². The average Bonchev–Trinajstić information content (AvgIpc) is 2.32. The maximum absolute atomic E-state index is 12.4. The molecule has 0 radical (unpaired) electrons. The first-order valence-corrected chi connectivity index (χ1v) is 8.08. The van der Waals surface area contributed by atoms with Gasteiger partial charge in [0.1, 0.15) is 0 Å². The summed E-state index contributed by atoms with van der Waals surface area (Å²) in [5, 5.41) is 1.45. The first-order chi connectivity index (χ1) is 8.47. The van der Waals surface area contributed by atoms with Crippen molar-refractivity contribution in [1.82, 2.24) is 4.90 Å². The molecule has 0 atom stereocenters. The van der Waals surface area contributed by atoms with E-state index in [4.69, 9.17) is 11.6 Å². The predicted octanol–water partition coefficient (Wildman–Crippen LogP) is 4.74. The molecule has 1 rings (SSSR count). The number of hydrogen-bond donors (Lipinski definition) is 0. The molecule has 0 saturated carbocycles. The molecule has 0 saturated heterocycles. The van der Waals surface area contributed by atoms with Crippen LogP contribution in [0.3, 0.4) is 0 Å². The average molecular weight is 398 g/mol. The molecular weight excluding hydrogens is 381 g/mol. The molecule has 1 aromatic rings. The van der Waals surface area contributed by atoms with E-state index in [0.717, 1.165) is 22.8 Å². The van der Waals surface area contributed by atoms with Gasteiger partial charge < -0.3 is 4.90 Å². The lowest BCUT2D eigenvalue weighted by molar-refractivity contribution is 0.0706. The lowest BCUT2D eigenvalue weighted by atomic mass is 10.1. The molecule has 0 spiro atoms. The van der Waals surface area contributed by atoms with E-state index in [1.807, 2.05) is 18.7 Å². The molecule has 0 aliphatic heterocycles. The Morgan fingerprint density at radius 1 is 1.44 bits per heavy atom. The van der Waals surface area contributed by atoms with Crippen molar-refractivity contribution in [3.8, 4) is 0 Å². The van der Waals surface area contributed by atoms with Crippen LogP contribution in [0.15, 0.2) is 22.7 Å². The summed E-state index contributed by atoms with van der Waals surface area (Å²) in [5.41, 5.74) is 0.631. The Hall–Kier alpha value is -0.0600. The first kappa shape index (κ1) is 16.0. The van der Waals surface area contributed by atoms with Gasteiger partial charge in [-0.2, -0.15) is 0 Å². The van der Waals surface area contributed by atoms with Gasteiger partial charge in [0.25, 0.3) is 5.91 Å². The van der Waals surface area contributed by atoms with Crippen LogP contribution in [-0.2, 0) is 0 Å². The smallest absolute Gasteiger partial charge is 0.254 e. The first-order valence-electron chi connectivity index (χ1n) is 5.79. The van der Waals surface area contributed by atoms with Crippen molar-refractivity contribution in [3.05, 3.63) is 33.3 Å². The molecule has 0 heterocycles. The van der Waals surface area contributed by atoms with E-state index < -0.39 is 0 Å². The molecule has 0 aromatic heterocycles. The Bertz CT molecular complexity index is 423. The highest BCUT2D eigenvalue weighted by atomic mass is 79.9. The van der Waals surface area contributed by atoms with Crippen molar-refractivity contribution in [2.75, 3.05) is 11.9 Å². The van der Waals surface area contributed by atoms with Crippen LogP contribution in [0.5, 0.6) is 0 Å². The zero-order chi connectivity index (χ0) is 13.7. The highest BCUT2D eigenvalue weighted by Gasteiger charge is 2.18. The summed E-state index contributed by atoms with van der Waals surface area (Å²) in [6, 6.07) is 5.48. The Kier molecular flexibility index (Phi) is 6.67. The fourth-order valence-electron chi connectivity index (χ4n) is 1.62. The lowest BCUT2D eigenvalue weighted by Gasteiger charge is -2.26. The summed E-state index contributed by atoms with van der Waals surface area (Å²) < 4.78 is 0.803. The minimum atomic E-state index is 0.0281. The standard InChI is InChI=1S/C13H16Br2ClNO/c1-9(2)17(7-3-6-14)13(18)10-4-5-11(15)12(16)8-10/h4-5,8-9H,3,6-7H2,1-2H3. The highest BCUT2D eigenvalue weighted by Crippen LogP contribution is 2.24. The normalized spacial score (nSPS) is 10.8. The van der Waals surface area contributed by atoms with Gasteiger partial charge in [-0.05, 0) is 54.4 Å². The number of benzene rings is 1. The monoisotopic (exact) mass is 395 g/mol. The number of carbonyl (C=O) groups is 1. The molecule has 0 N–H and O–H groups in total. The summed E-state index contributed by atoms with van der Waals surface area (Å²) >= 11 is 12.7. The van der Waals surface area contributed by atoms with E-state index in [9.17, 15) is 4.79 Å². The maximum Gasteiger partial charge on any atom is 0.254 e. The van der Waals surface area contributed by atoms with Crippen LogP contribution in [0.4, 0.5) is 0 Å². The zero-order valence-corrected chi connectivity index (χ0v) is 14.3.